The average molecular weight is 215 g/mol. The van der Waals surface area contributed by atoms with Crippen LogP contribution >= 0.6 is 0 Å². The summed E-state index contributed by atoms with van der Waals surface area (Å²) in [6, 6.07) is -0.375. The third-order valence-electron chi connectivity index (χ3n) is 1.58. The van der Waals surface area contributed by atoms with Crippen LogP contribution in [0.1, 0.15) is 0 Å². The maximum absolute atomic E-state index is 11.1. The first-order chi connectivity index (χ1) is 7.22. The van der Waals surface area contributed by atoms with Crippen LogP contribution in [0, 0.1) is 0 Å². The van der Waals surface area contributed by atoms with Crippen molar-refractivity contribution in [3.63, 3.8) is 0 Å². The summed E-state index contributed by atoms with van der Waals surface area (Å²) in [6.45, 7) is 0.507. The molecule has 7 heteroatoms. The van der Waals surface area contributed by atoms with Crippen LogP contribution in [0.4, 0.5) is 9.59 Å². The highest BCUT2D eigenvalue weighted by molar-refractivity contribution is 5.77. The number of amides is 3. The van der Waals surface area contributed by atoms with Crippen LogP contribution in [-0.2, 0) is 9.47 Å². The van der Waals surface area contributed by atoms with Gasteiger partial charge in [0.2, 0.25) is 0 Å². The van der Waals surface area contributed by atoms with Gasteiger partial charge in [-0.15, -0.1) is 0 Å². The second kappa shape index (κ2) is 5.86. The van der Waals surface area contributed by atoms with Gasteiger partial charge in [0.1, 0.15) is 12.8 Å². The molecule has 84 valence electrons. The number of carbonyl (C=O) groups excluding carboxylic acids is 2. The summed E-state index contributed by atoms with van der Waals surface area (Å²) in [4.78, 5) is 21.9. The van der Waals surface area contributed by atoms with Gasteiger partial charge in [-0.25, -0.2) is 9.59 Å². The lowest BCUT2D eigenvalue weighted by atomic mass is 10.4. The number of alkyl carbamates (subject to hydrolysis) is 1. The Hall–Kier alpha value is -1.76. The minimum atomic E-state index is -0.607. The number of urea groups is 1. The number of carbonyl (C=O) groups is 2. The third kappa shape index (κ3) is 4.32. The molecule has 0 aromatic heterocycles. The van der Waals surface area contributed by atoms with Crippen molar-refractivity contribution in [2.45, 2.75) is 6.17 Å². The fourth-order valence-electron chi connectivity index (χ4n) is 0.922. The molecule has 0 aliphatic carbocycles. The number of methoxy groups -OCH3 is 1. The van der Waals surface area contributed by atoms with Gasteiger partial charge in [-0.05, 0) is 6.08 Å². The molecule has 1 rings (SSSR count). The normalized spacial score (nSPS) is 19.0. The number of ether oxygens (including phenoxy) is 2. The Balaban J connectivity index is 2.22. The molecule has 1 aliphatic heterocycles. The van der Waals surface area contributed by atoms with Gasteiger partial charge in [0, 0.05) is 13.3 Å². The van der Waals surface area contributed by atoms with Crippen LogP contribution in [0.5, 0.6) is 0 Å². The van der Waals surface area contributed by atoms with Crippen LogP contribution in [0.2, 0.25) is 0 Å². The lowest BCUT2D eigenvalue weighted by molar-refractivity contribution is 0.0968. The maximum atomic E-state index is 11.1. The van der Waals surface area contributed by atoms with E-state index in [4.69, 9.17) is 9.47 Å². The van der Waals surface area contributed by atoms with Gasteiger partial charge in [-0.2, -0.15) is 0 Å². The van der Waals surface area contributed by atoms with Crippen LogP contribution in [0.3, 0.4) is 0 Å². The van der Waals surface area contributed by atoms with Crippen molar-refractivity contribution in [2.24, 2.45) is 0 Å². The van der Waals surface area contributed by atoms with Crippen LogP contribution in [0.15, 0.2) is 12.3 Å². The SMILES string of the molecule is COCCOC(=O)NC1C=CNC(=O)N1. The lowest BCUT2D eigenvalue weighted by Crippen LogP contribution is -2.52. The molecule has 1 heterocycles. The quantitative estimate of drug-likeness (QED) is 0.552. The zero-order chi connectivity index (χ0) is 11.1. The summed E-state index contributed by atoms with van der Waals surface area (Å²) in [7, 11) is 1.51. The molecule has 0 aromatic carbocycles. The van der Waals surface area contributed by atoms with Crippen molar-refractivity contribution in [3.05, 3.63) is 12.3 Å². The summed E-state index contributed by atoms with van der Waals surface area (Å²) >= 11 is 0. The van der Waals surface area contributed by atoms with E-state index in [0.717, 1.165) is 0 Å². The standard InChI is InChI=1S/C8H13N3O4/c1-14-4-5-15-8(13)11-6-2-3-9-7(12)10-6/h2-3,6H,4-5H2,1H3,(H,11,13)(H2,9,10,12). The minimum Gasteiger partial charge on any atom is -0.447 e. The summed E-state index contributed by atoms with van der Waals surface area (Å²) in [5.74, 6) is 0. The molecule has 1 aliphatic rings. The molecule has 15 heavy (non-hydrogen) atoms. The molecule has 1 atom stereocenters. The molecule has 3 amide bonds. The highest BCUT2D eigenvalue weighted by Crippen LogP contribution is 1.89. The zero-order valence-electron chi connectivity index (χ0n) is 8.28. The van der Waals surface area contributed by atoms with Crippen molar-refractivity contribution >= 4 is 12.1 Å². The van der Waals surface area contributed by atoms with Crippen LogP contribution < -0.4 is 16.0 Å². The Bertz CT molecular complexity index is 267. The highest BCUT2D eigenvalue weighted by atomic mass is 16.6. The molecular weight excluding hydrogens is 202 g/mol. The predicted octanol–water partition coefficient (Wildman–Crippen LogP) is -0.488. The molecule has 0 saturated heterocycles. The van der Waals surface area contributed by atoms with Gasteiger partial charge in [0.25, 0.3) is 0 Å². The van der Waals surface area contributed by atoms with Gasteiger partial charge < -0.3 is 20.1 Å². The van der Waals surface area contributed by atoms with Crippen molar-refractivity contribution in [1.29, 1.82) is 0 Å². The third-order valence-corrected chi connectivity index (χ3v) is 1.58. The first kappa shape index (κ1) is 11.3. The van der Waals surface area contributed by atoms with E-state index in [1.807, 2.05) is 0 Å². The summed E-state index contributed by atoms with van der Waals surface area (Å²) in [5.41, 5.74) is 0. The Kier molecular flexibility index (Phi) is 4.42. The summed E-state index contributed by atoms with van der Waals surface area (Å²) < 4.78 is 9.44. The van der Waals surface area contributed by atoms with Crippen LogP contribution in [-0.4, -0.2) is 38.6 Å². The molecule has 0 aromatic rings. The van der Waals surface area contributed by atoms with Gasteiger partial charge in [0.05, 0.1) is 6.61 Å². The average Bonchev–Trinajstić information content (AvgIpc) is 2.18. The Morgan fingerprint density at radius 2 is 2.40 bits per heavy atom. The fraction of sp³-hybridized carbons (Fsp3) is 0.500. The topological polar surface area (TPSA) is 88.7 Å². The van der Waals surface area contributed by atoms with E-state index in [0.29, 0.717) is 6.61 Å². The van der Waals surface area contributed by atoms with E-state index in [1.165, 1.54) is 13.3 Å². The van der Waals surface area contributed by atoms with Gasteiger partial charge in [-0.3, -0.25) is 5.32 Å². The predicted molar refractivity (Wildman–Crippen MR) is 51.0 cm³/mol. The van der Waals surface area contributed by atoms with Crippen molar-refractivity contribution in [1.82, 2.24) is 16.0 Å². The fourth-order valence-corrected chi connectivity index (χ4v) is 0.922. The molecule has 0 radical (unpaired) electrons. The smallest absolute Gasteiger partial charge is 0.409 e. The second-order valence-corrected chi connectivity index (χ2v) is 2.73. The zero-order valence-corrected chi connectivity index (χ0v) is 8.28. The Morgan fingerprint density at radius 3 is 3.07 bits per heavy atom. The highest BCUT2D eigenvalue weighted by Gasteiger charge is 2.15. The van der Waals surface area contributed by atoms with E-state index in [1.54, 1.807) is 6.08 Å². The number of hydrogen-bond acceptors (Lipinski definition) is 4. The van der Waals surface area contributed by atoms with E-state index < -0.39 is 12.3 Å². The summed E-state index contributed by atoms with van der Waals surface area (Å²) in [6.07, 6.45) is 1.87. The van der Waals surface area contributed by atoms with E-state index in [2.05, 4.69) is 16.0 Å². The van der Waals surface area contributed by atoms with Crippen molar-refractivity contribution in [3.8, 4) is 0 Å². The first-order valence-electron chi connectivity index (χ1n) is 4.38. The monoisotopic (exact) mass is 215 g/mol. The largest absolute Gasteiger partial charge is 0.447 e. The first-order valence-corrected chi connectivity index (χ1v) is 4.38. The van der Waals surface area contributed by atoms with Gasteiger partial charge in [0.15, 0.2) is 0 Å². The Labute approximate surface area is 86.8 Å². The summed E-state index contributed by atoms with van der Waals surface area (Å²) in [5, 5.41) is 7.29. The maximum Gasteiger partial charge on any atom is 0.409 e. The number of nitrogens with one attached hydrogen (secondary N) is 3. The molecule has 0 saturated carbocycles. The molecule has 0 spiro atoms. The van der Waals surface area contributed by atoms with Crippen molar-refractivity contribution < 1.29 is 19.1 Å². The van der Waals surface area contributed by atoms with Crippen LogP contribution in [0.25, 0.3) is 0 Å². The van der Waals surface area contributed by atoms with E-state index >= 15 is 0 Å². The molecule has 0 bridgehead atoms. The molecule has 3 N–H and O–H groups in total. The molecular formula is C8H13N3O4. The number of hydrogen-bond donors (Lipinski definition) is 3. The Morgan fingerprint density at radius 1 is 1.60 bits per heavy atom. The van der Waals surface area contributed by atoms with E-state index in [-0.39, 0.29) is 12.6 Å². The lowest BCUT2D eigenvalue weighted by Gasteiger charge is -2.19. The minimum absolute atomic E-state index is 0.172. The van der Waals surface area contributed by atoms with Gasteiger partial charge in [-0.1, -0.05) is 0 Å². The molecule has 7 nitrogen and oxygen atoms in total. The molecule has 1 unspecified atom stereocenters. The van der Waals surface area contributed by atoms with E-state index in [9.17, 15) is 9.59 Å². The van der Waals surface area contributed by atoms with Crippen molar-refractivity contribution in [2.75, 3.05) is 20.3 Å². The second-order valence-electron chi connectivity index (χ2n) is 2.73. The molecule has 0 fully saturated rings. The number of rotatable bonds is 4. The van der Waals surface area contributed by atoms with Gasteiger partial charge >= 0.3 is 12.1 Å².